The van der Waals surface area contributed by atoms with Crippen molar-refractivity contribution in [3.05, 3.63) is 70.5 Å². The molecular formula is C20H22N4O2. The number of nitrogens with zero attached hydrogens (tertiary/aromatic N) is 3. The van der Waals surface area contributed by atoms with Crippen LogP contribution in [0.1, 0.15) is 32.9 Å². The number of hydrogen-bond acceptors (Lipinski definition) is 4. The van der Waals surface area contributed by atoms with Crippen LogP contribution in [0, 0.1) is 20.8 Å². The Morgan fingerprint density at radius 2 is 1.77 bits per heavy atom. The van der Waals surface area contributed by atoms with E-state index in [0.29, 0.717) is 5.69 Å². The number of rotatable bonds is 5. The molecule has 0 spiro atoms. The lowest BCUT2D eigenvalue weighted by molar-refractivity contribution is 0.101. The summed E-state index contributed by atoms with van der Waals surface area (Å²) in [6.07, 6.45) is 0. The molecule has 26 heavy (non-hydrogen) atoms. The number of aryl methyl sites for hydroxylation is 3. The fourth-order valence-corrected chi connectivity index (χ4v) is 2.77. The summed E-state index contributed by atoms with van der Waals surface area (Å²) in [5.74, 6) is -0.303. The predicted octanol–water partition coefficient (Wildman–Crippen LogP) is 3.59. The number of benzene rings is 2. The van der Waals surface area contributed by atoms with Crippen LogP contribution in [0.3, 0.4) is 0 Å². The van der Waals surface area contributed by atoms with Gasteiger partial charge in [-0.25, -0.2) is 4.68 Å². The number of ether oxygens (including phenoxy) is 1. The molecule has 3 aromatic rings. The first-order chi connectivity index (χ1) is 12.5. The topological polar surface area (TPSA) is 69.0 Å². The zero-order chi connectivity index (χ0) is 18.7. The second-order valence-corrected chi connectivity index (χ2v) is 6.34. The maximum absolute atomic E-state index is 12.8. The van der Waals surface area contributed by atoms with Crippen LogP contribution < -0.4 is 5.32 Å². The zero-order valence-electron chi connectivity index (χ0n) is 15.4. The largest absolute Gasteiger partial charge is 0.378 e. The van der Waals surface area contributed by atoms with Crippen molar-refractivity contribution < 1.29 is 9.53 Å². The molecule has 0 saturated carbocycles. The van der Waals surface area contributed by atoms with Gasteiger partial charge in [0.05, 0.1) is 12.3 Å². The monoisotopic (exact) mass is 350 g/mol. The Kier molecular flexibility index (Phi) is 5.14. The van der Waals surface area contributed by atoms with Crippen molar-refractivity contribution in [3.63, 3.8) is 0 Å². The molecule has 0 radical (unpaired) electrons. The van der Waals surface area contributed by atoms with Crippen LogP contribution in [-0.2, 0) is 11.3 Å². The van der Waals surface area contributed by atoms with Crippen LogP contribution >= 0.6 is 0 Å². The Balaban J connectivity index is 1.94. The number of nitrogens with one attached hydrogen (secondary N) is 1. The van der Waals surface area contributed by atoms with Gasteiger partial charge in [0.2, 0.25) is 0 Å². The molecule has 0 bridgehead atoms. The number of anilines is 1. The summed E-state index contributed by atoms with van der Waals surface area (Å²) < 4.78 is 6.91. The molecule has 0 aliphatic carbocycles. The molecule has 1 N–H and O–H groups in total. The highest BCUT2D eigenvalue weighted by Gasteiger charge is 2.21. The average Bonchev–Trinajstić information content (AvgIpc) is 3.02. The van der Waals surface area contributed by atoms with E-state index in [9.17, 15) is 4.79 Å². The van der Waals surface area contributed by atoms with Gasteiger partial charge in [0, 0.05) is 12.8 Å². The van der Waals surface area contributed by atoms with E-state index in [2.05, 4.69) is 15.6 Å². The van der Waals surface area contributed by atoms with Gasteiger partial charge in [0.15, 0.2) is 5.69 Å². The van der Waals surface area contributed by atoms with E-state index >= 15 is 0 Å². The summed E-state index contributed by atoms with van der Waals surface area (Å²) in [5.41, 5.74) is 5.75. The third-order valence-electron chi connectivity index (χ3n) is 4.17. The second kappa shape index (κ2) is 7.49. The molecule has 6 nitrogen and oxygen atoms in total. The van der Waals surface area contributed by atoms with Crippen molar-refractivity contribution in [2.24, 2.45) is 0 Å². The van der Waals surface area contributed by atoms with Crippen molar-refractivity contribution in [2.75, 3.05) is 12.4 Å². The molecular weight excluding hydrogens is 328 g/mol. The van der Waals surface area contributed by atoms with E-state index in [1.165, 1.54) is 0 Å². The lowest BCUT2D eigenvalue weighted by Crippen LogP contribution is -2.16. The number of carbonyl (C=O) groups excluding carboxylic acids is 1. The predicted molar refractivity (Wildman–Crippen MR) is 101 cm³/mol. The number of aromatic nitrogens is 3. The Bertz CT molecular complexity index is 929. The highest BCUT2D eigenvalue weighted by Crippen LogP contribution is 2.19. The van der Waals surface area contributed by atoms with Gasteiger partial charge in [-0.3, -0.25) is 4.79 Å². The number of methoxy groups -OCH3 is 1. The van der Waals surface area contributed by atoms with Crippen LogP contribution in [0.15, 0.2) is 42.5 Å². The summed E-state index contributed by atoms with van der Waals surface area (Å²) in [4.78, 5) is 12.8. The zero-order valence-corrected chi connectivity index (χ0v) is 15.4. The minimum Gasteiger partial charge on any atom is -0.378 e. The molecule has 3 rings (SSSR count). The normalized spacial score (nSPS) is 10.8. The molecule has 0 saturated heterocycles. The molecule has 1 heterocycles. The second-order valence-electron chi connectivity index (χ2n) is 6.34. The molecule has 6 heteroatoms. The average molecular weight is 350 g/mol. The number of hydrogen-bond donors (Lipinski definition) is 1. The van der Waals surface area contributed by atoms with E-state index in [1.54, 1.807) is 11.8 Å². The van der Waals surface area contributed by atoms with Gasteiger partial charge in [-0.2, -0.15) is 0 Å². The Labute approximate surface area is 152 Å². The van der Waals surface area contributed by atoms with Gasteiger partial charge in [0.1, 0.15) is 5.69 Å². The van der Waals surface area contributed by atoms with Gasteiger partial charge in [0.25, 0.3) is 5.91 Å². The van der Waals surface area contributed by atoms with Gasteiger partial charge >= 0.3 is 0 Å². The molecule has 0 unspecified atom stereocenters. The molecule has 134 valence electrons. The fraction of sp³-hybridized carbons (Fsp3) is 0.250. The first-order valence-electron chi connectivity index (χ1n) is 8.38. The number of carbonyl (C=O) groups is 1. The summed E-state index contributed by atoms with van der Waals surface area (Å²) in [6.45, 7) is 6.23. The fourth-order valence-electron chi connectivity index (χ4n) is 2.77. The van der Waals surface area contributed by atoms with Crippen molar-refractivity contribution in [1.82, 2.24) is 15.0 Å². The first-order valence-corrected chi connectivity index (χ1v) is 8.38. The Morgan fingerprint density at radius 1 is 1.08 bits per heavy atom. The molecule has 0 atom stereocenters. The van der Waals surface area contributed by atoms with Crippen LogP contribution in [0.25, 0.3) is 5.69 Å². The highest BCUT2D eigenvalue weighted by molar-refractivity contribution is 6.04. The third-order valence-corrected chi connectivity index (χ3v) is 4.17. The molecule has 0 fully saturated rings. The van der Waals surface area contributed by atoms with Crippen LogP contribution in [0.2, 0.25) is 0 Å². The summed E-state index contributed by atoms with van der Waals surface area (Å²) in [6, 6.07) is 13.7. The highest BCUT2D eigenvalue weighted by atomic mass is 16.5. The minimum atomic E-state index is -0.303. The Hall–Kier alpha value is -2.99. The number of amides is 1. The van der Waals surface area contributed by atoms with Crippen molar-refractivity contribution >= 4 is 11.6 Å². The van der Waals surface area contributed by atoms with Crippen LogP contribution in [-0.4, -0.2) is 28.0 Å². The van der Waals surface area contributed by atoms with E-state index < -0.39 is 0 Å². The van der Waals surface area contributed by atoms with Crippen molar-refractivity contribution in [2.45, 2.75) is 27.4 Å². The standard InChI is InChI=1S/C20H22N4O2/c1-13-5-8-16(9-6-13)24-18(12-26-4)19(22-23-24)20(25)21-17-10-7-14(2)11-15(17)3/h5-11H,12H2,1-4H3,(H,21,25). The van der Waals surface area contributed by atoms with Gasteiger partial charge in [-0.05, 0) is 44.5 Å². The van der Waals surface area contributed by atoms with E-state index in [1.807, 2.05) is 63.2 Å². The van der Waals surface area contributed by atoms with Crippen LogP contribution in [0.5, 0.6) is 0 Å². The maximum Gasteiger partial charge on any atom is 0.278 e. The summed E-state index contributed by atoms with van der Waals surface area (Å²) >= 11 is 0. The molecule has 1 amide bonds. The summed E-state index contributed by atoms with van der Waals surface area (Å²) in [7, 11) is 1.58. The lowest BCUT2D eigenvalue weighted by Gasteiger charge is -2.10. The molecule has 0 aliphatic rings. The smallest absolute Gasteiger partial charge is 0.278 e. The van der Waals surface area contributed by atoms with E-state index in [4.69, 9.17) is 4.74 Å². The van der Waals surface area contributed by atoms with Gasteiger partial charge in [-0.15, -0.1) is 5.10 Å². The molecule has 0 aliphatic heterocycles. The Morgan fingerprint density at radius 3 is 2.42 bits per heavy atom. The lowest BCUT2D eigenvalue weighted by atomic mass is 10.1. The van der Waals surface area contributed by atoms with Gasteiger partial charge < -0.3 is 10.1 Å². The minimum absolute atomic E-state index is 0.233. The van der Waals surface area contributed by atoms with E-state index in [0.717, 1.165) is 28.1 Å². The molecule has 2 aromatic carbocycles. The summed E-state index contributed by atoms with van der Waals surface area (Å²) in [5, 5.41) is 11.2. The molecule has 1 aromatic heterocycles. The third kappa shape index (κ3) is 3.65. The SMILES string of the molecule is COCc1c(C(=O)Nc2ccc(C)cc2C)nnn1-c1ccc(C)cc1. The first kappa shape index (κ1) is 17.8. The maximum atomic E-state index is 12.8. The van der Waals surface area contributed by atoms with E-state index in [-0.39, 0.29) is 18.2 Å². The van der Waals surface area contributed by atoms with Crippen molar-refractivity contribution in [1.29, 1.82) is 0 Å². The van der Waals surface area contributed by atoms with Crippen LogP contribution in [0.4, 0.5) is 5.69 Å². The van der Waals surface area contributed by atoms with Gasteiger partial charge in [-0.1, -0.05) is 40.6 Å². The quantitative estimate of drug-likeness (QED) is 0.763. The van der Waals surface area contributed by atoms with Crippen molar-refractivity contribution in [3.8, 4) is 5.69 Å².